The van der Waals surface area contributed by atoms with E-state index in [1.54, 1.807) is 43.1 Å². The van der Waals surface area contributed by atoms with E-state index in [-0.39, 0.29) is 12.5 Å². The Labute approximate surface area is 244 Å². The highest BCUT2D eigenvalue weighted by Crippen LogP contribution is 2.40. The number of hydrogen-bond acceptors (Lipinski definition) is 7. The third kappa shape index (κ3) is 6.18. The number of benzene rings is 2. The molecule has 2 heterocycles. The van der Waals surface area contributed by atoms with Crippen LogP contribution >= 0.6 is 33.9 Å². The molecule has 198 valence electrons. The van der Waals surface area contributed by atoms with Crippen LogP contribution < -0.4 is 14.8 Å². The Hall–Kier alpha value is -3.62. The molecule has 9 heteroatoms. The molecule has 1 aliphatic carbocycles. The van der Waals surface area contributed by atoms with Gasteiger partial charge in [0.15, 0.2) is 11.5 Å². The zero-order valence-corrected chi connectivity index (χ0v) is 24.3. The summed E-state index contributed by atoms with van der Waals surface area (Å²) in [6.45, 7) is 0.579. The fourth-order valence-corrected chi connectivity index (χ4v) is 6.55. The molecule has 39 heavy (non-hydrogen) atoms. The van der Waals surface area contributed by atoms with Gasteiger partial charge in [0.05, 0.1) is 40.7 Å². The molecule has 7 nitrogen and oxygen atoms in total. The third-order valence-corrected chi connectivity index (χ3v) is 8.48. The fraction of sp³-hybridized carbons (Fsp3) is 0.233. The Morgan fingerprint density at radius 1 is 1.23 bits per heavy atom. The number of nitrogens with one attached hydrogen (secondary N) is 1. The van der Waals surface area contributed by atoms with Gasteiger partial charge in [-0.1, -0.05) is 18.2 Å². The zero-order chi connectivity index (χ0) is 27.2. The molecule has 4 aromatic rings. The second-order valence-corrected chi connectivity index (χ2v) is 11.2. The number of methoxy groups -OCH3 is 1. The molecule has 0 bridgehead atoms. The van der Waals surface area contributed by atoms with Crippen LogP contribution in [-0.2, 0) is 26.0 Å². The van der Waals surface area contributed by atoms with E-state index in [2.05, 4.69) is 34.0 Å². The van der Waals surface area contributed by atoms with Gasteiger partial charge in [0.2, 0.25) is 0 Å². The fourth-order valence-electron chi connectivity index (χ4n) is 4.54. The predicted molar refractivity (Wildman–Crippen MR) is 159 cm³/mol. The Morgan fingerprint density at radius 2 is 2.08 bits per heavy atom. The summed E-state index contributed by atoms with van der Waals surface area (Å²) in [6, 6.07) is 17.0. The van der Waals surface area contributed by atoms with E-state index < -0.39 is 0 Å². The number of carbonyl (C=O) groups is 1. The molecule has 1 N–H and O–H groups in total. The predicted octanol–water partition coefficient (Wildman–Crippen LogP) is 6.96. The number of ether oxygens (including phenoxy) is 2. The molecule has 1 amide bonds. The minimum atomic E-state index is -0.133. The molecule has 1 aliphatic rings. The molecule has 0 unspecified atom stereocenters. The van der Waals surface area contributed by atoms with Gasteiger partial charge in [0.1, 0.15) is 17.4 Å². The number of nitrogens with zero attached hydrogens (tertiary/aromatic N) is 2. The standard InChI is InChI=1S/C30H26IN3O4S/c1-36-25-14-19(13-24(31)28(25)38-18-21-8-3-2-7-20(21)15-32)16-34-30-27(23-10-4-5-11-26(23)39-30)29(35)33-17-22-9-6-12-37-22/h2-3,6-9,12-14,16H,4-5,10-11,17-18H2,1H3,(H,33,35). The summed E-state index contributed by atoms with van der Waals surface area (Å²) < 4.78 is 17.9. The highest BCUT2D eigenvalue weighted by Gasteiger charge is 2.25. The number of rotatable bonds is 9. The van der Waals surface area contributed by atoms with Gasteiger partial charge in [0.25, 0.3) is 5.91 Å². The van der Waals surface area contributed by atoms with E-state index in [0.717, 1.165) is 45.9 Å². The molecule has 0 spiro atoms. The first-order chi connectivity index (χ1) is 19.1. The van der Waals surface area contributed by atoms with Crippen molar-refractivity contribution in [3.05, 3.63) is 96.8 Å². The molecular weight excluding hydrogens is 625 g/mol. The van der Waals surface area contributed by atoms with Crippen molar-refractivity contribution in [2.45, 2.75) is 38.8 Å². The number of thiophene rings is 1. The van der Waals surface area contributed by atoms with E-state index in [4.69, 9.17) is 18.9 Å². The maximum Gasteiger partial charge on any atom is 0.255 e. The number of amides is 1. The number of hydrogen-bond donors (Lipinski definition) is 1. The minimum Gasteiger partial charge on any atom is -0.493 e. The number of aryl methyl sites for hydroxylation is 1. The first kappa shape index (κ1) is 27.0. The number of halogens is 1. The topological polar surface area (TPSA) is 96.8 Å². The Balaban J connectivity index is 1.38. The normalized spacial score (nSPS) is 12.6. The van der Waals surface area contributed by atoms with Crippen LogP contribution in [0.15, 0.2) is 64.2 Å². The molecule has 0 saturated heterocycles. The van der Waals surface area contributed by atoms with E-state index >= 15 is 0 Å². The van der Waals surface area contributed by atoms with Crippen LogP contribution in [0.4, 0.5) is 5.00 Å². The van der Waals surface area contributed by atoms with E-state index in [9.17, 15) is 10.1 Å². The summed E-state index contributed by atoms with van der Waals surface area (Å²) in [5, 5.41) is 13.1. The van der Waals surface area contributed by atoms with Gasteiger partial charge in [0, 0.05) is 16.7 Å². The van der Waals surface area contributed by atoms with Crippen molar-refractivity contribution in [3.63, 3.8) is 0 Å². The first-order valence-corrected chi connectivity index (χ1v) is 14.4. The SMILES string of the molecule is COc1cc(C=Nc2sc3c(c2C(=O)NCc2ccco2)CCCC3)cc(I)c1OCc1ccccc1C#N. The largest absolute Gasteiger partial charge is 0.493 e. The summed E-state index contributed by atoms with van der Waals surface area (Å²) in [6.07, 6.45) is 7.42. The average molecular weight is 652 g/mol. The lowest BCUT2D eigenvalue weighted by atomic mass is 9.95. The van der Waals surface area contributed by atoms with Crippen LogP contribution in [-0.4, -0.2) is 19.2 Å². The van der Waals surface area contributed by atoms with E-state index in [1.807, 2.05) is 36.4 Å². The van der Waals surface area contributed by atoms with Crippen LogP contribution in [0.2, 0.25) is 0 Å². The molecule has 0 saturated carbocycles. The summed E-state index contributed by atoms with van der Waals surface area (Å²) >= 11 is 3.80. The Morgan fingerprint density at radius 3 is 2.87 bits per heavy atom. The van der Waals surface area contributed by atoms with Crippen molar-refractivity contribution in [1.29, 1.82) is 5.26 Å². The average Bonchev–Trinajstić information content (AvgIpc) is 3.62. The highest BCUT2D eigenvalue weighted by atomic mass is 127. The molecule has 0 fully saturated rings. The van der Waals surface area contributed by atoms with Crippen LogP contribution in [0.25, 0.3) is 0 Å². The molecule has 0 radical (unpaired) electrons. The third-order valence-electron chi connectivity index (χ3n) is 6.48. The van der Waals surface area contributed by atoms with Crippen molar-refractivity contribution in [3.8, 4) is 17.6 Å². The van der Waals surface area contributed by atoms with Gasteiger partial charge in [-0.2, -0.15) is 5.26 Å². The first-order valence-electron chi connectivity index (χ1n) is 12.5. The van der Waals surface area contributed by atoms with Crippen LogP contribution in [0.1, 0.15) is 56.1 Å². The molecule has 0 aliphatic heterocycles. The second kappa shape index (κ2) is 12.5. The van der Waals surface area contributed by atoms with Crippen LogP contribution in [0, 0.1) is 14.9 Å². The van der Waals surface area contributed by atoms with E-state index in [0.29, 0.717) is 39.9 Å². The number of nitriles is 1. The number of carbonyl (C=O) groups excluding carboxylic acids is 1. The van der Waals surface area contributed by atoms with Gasteiger partial charge in [-0.15, -0.1) is 11.3 Å². The second-order valence-electron chi connectivity index (χ2n) is 9.00. The van der Waals surface area contributed by atoms with Gasteiger partial charge >= 0.3 is 0 Å². The number of furan rings is 1. The maximum absolute atomic E-state index is 13.3. The van der Waals surface area contributed by atoms with Crippen molar-refractivity contribution in [1.82, 2.24) is 5.32 Å². The summed E-state index contributed by atoms with van der Waals surface area (Å²) in [5.41, 5.74) is 3.99. The lowest BCUT2D eigenvalue weighted by Gasteiger charge is -2.14. The van der Waals surface area contributed by atoms with Crippen molar-refractivity contribution < 1.29 is 18.7 Å². The zero-order valence-electron chi connectivity index (χ0n) is 21.3. The van der Waals surface area contributed by atoms with Gasteiger partial charge < -0.3 is 19.2 Å². The molecular formula is C30H26IN3O4S. The summed E-state index contributed by atoms with van der Waals surface area (Å²) in [5.74, 6) is 1.75. The summed E-state index contributed by atoms with van der Waals surface area (Å²) in [4.78, 5) is 19.3. The Kier molecular flexibility index (Phi) is 8.64. The van der Waals surface area contributed by atoms with Crippen molar-refractivity contribution in [2.24, 2.45) is 4.99 Å². The smallest absolute Gasteiger partial charge is 0.255 e. The Bertz CT molecular complexity index is 1550. The number of fused-ring (bicyclic) bond motifs is 1. The summed E-state index contributed by atoms with van der Waals surface area (Å²) in [7, 11) is 1.59. The van der Waals surface area contributed by atoms with Gasteiger partial charge in [-0.3, -0.25) is 4.79 Å². The van der Waals surface area contributed by atoms with E-state index in [1.165, 1.54) is 4.88 Å². The lowest BCUT2D eigenvalue weighted by molar-refractivity contribution is 0.0948. The monoisotopic (exact) mass is 651 g/mol. The van der Waals surface area contributed by atoms with Gasteiger partial charge in [-0.05, 0) is 89.7 Å². The highest BCUT2D eigenvalue weighted by molar-refractivity contribution is 14.1. The van der Waals surface area contributed by atoms with Crippen molar-refractivity contribution >= 4 is 51.1 Å². The lowest BCUT2D eigenvalue weighted by Crippen LogP contribution is -2.23. The quantitative estimate of drug-likeness (QED) is 0.156. The van der Waals surface area contributed by atoms with Crippen LogP contribution in [0.5, 0.6) is 11.5 Å². The minimum absolute atomic E-state index is 0.133. The van der Waals surface area contributed by atoms with Crippen molar-refractivity contribution in [2.75, 3.05) is 7.11 Å². The van der Waals surface area contributed by atoms with Gasteiger partial charge in [-0.25, -0.2) is 4.99 Å². The molecule has 5 rings (SSSR count). The molecule has 2 aromatic heterocycles. The maximum atomic E-state index is 13.3. The molecule has 0 atom stereocenters. The number of aliphatic imine (C=N–C) groups is 1. The molecule has 2 aromatic carbocycles. The van der Waals surface area contributed by atoms with Crippen LogP contribution in [0.3, 0.4) is 0 Å².